The van der Waals surface area contributed by atoms with E-state index in [4.69, 9.17) is 0 Å². The summed E-state index contributed by atoms with van der Waals surface area (Å²) in [5.74, 6) is 0. The number of hydrogen-bond donors (Lipinski definition) is 0. The van der Waals surface area contributed by atoms with Gasteiger partial charge in [0.2, 0.25) is 0 Å². The number of hydrogen-bond acceptors (Lipinski definition) is 0. The van der Waals surface area contributed by atoms with Gasteiger partial charge in [0.05, 0.1) is 0 Å². The molecule has 0 spiro atoms. The Bertz CT molecular complexity index is 553. The van der Waals surface area contributed by atoms with E-state index in [9.17, 15) is 0 Å². The van der Waals surface area contributed by atoms with Crippen LogP contribution in [0.5, 0.6) is 0 Å². The maximum Gasteiger partial charge on any atom is -0.00733 e. The zero-order valence-corrected chi connectivity index (χ0v) is 8.59. The lowest BCUT2D eigenvalue weighted by Crippen LogP contribution is -1.89. The lowest BCUT2D eigenvalue weighted by atomic mass is 9.95. The lowest BCUT2D eigenvalue weighted by molar-refractivity contribution is 1.20. The normalized spacial score (nSPS) is 20.4. The largest absolute Gasteiger partial charge is 0.0838 e. The maximum atomic E-state index is 2.41. The van der Waals surface area contributed by atoms with Crippen molar-refractivity contribution < 1.29 is 0 Å². The molecule has 72 valence electrons. The van der Waals surface area contributed by atoms with E-state index in [1.165, 1.54) is 11.1 Å². The molecule has 0 saturated heterocycles. The molecule has 1 aromatic carbocycles. The van der Waals surface area contributed by atoms with Crippen molar-refractivity contribution in [2.45, 2.75) is 19.3 Å². The fourth-order valence-corrected chi connectivity index (χ4v) is 3.12. The summed E-state index contributed by atoms with van der Waals surface area (Å²) in [5, 5.41) is 0. The van der Waals surface area contributed by atoms with Crippen molar-refractivity contribution in [1.29, 1.82) is 0 Å². The molecule has 0 bridgehead atoms. The van der Waals surface area contributed by atoms with E-state index in [0.29, 0.717) is 0 Å². The molecule has 15 heavy (non-hydrogen) atoms. The predicted molar refractivity (Wildman–Crippen MR) is 63.4 cm³/mol. The quantitative estimate of drug-likeness (QED) is 0.549. The Morgan fingerprint density at radius 2 is 1.73 bits per heavy atom. The van der Waals surface area contributed by atoms with Gasteiger partial charge >= 0.3 is 0 Å². The van der Waals surface area contributed by atoms with E-state index in [1.807, 2.05) is 0 Å². The van der Waals surface area contributed by atoms with Crippen molar-refractivity contribution >= 4 is 11.1 Å². The first-order valence-electron chi connectivity index (χ1n) is 5.65. The molecule has 0 nitrogen and oxygen atoms in total. The highest BCUT2D eigenvalue weighted by Crippen LogP contribution is 2.50. The second-order valence-corrected chi connectivity index (χ2v) is 4.50. The van der Waals surface area contributed by atoms with Crippen LogP contribution in [-0.4, -0.2) is 0 Å². The molecular weight excluding hydrogens is 180 g/mol. The van der Waals surface area contributed by atoms with Gasteiger partial charge in [0.1, 0.15) is 0 Å². The molecule has 0 fully saturated rings. The second-order valence-electron chi connectivity index (χ2n) is 4.50. The van der Waals surface area contributed by atoms with Crippen LogP contribution in [0.25, 0.3) is 11.1 Å². The molecule has 1 aromatic rings. The van der Waals surface area contributed by atoms with E-state index in [-0.39, 0.29) is 0 Å². The Balaban J connectivity index is 2.06. The zero-order valence-electron chi connectivity index (χ0n) is 8.59. The monoisotopic (exact) mass is 192 g/mol. The van der Waals surface area contributed by atoms with Gasteiger partial charge in [-0.05, 0) is 52.7 Å². The van der Waals surface area contributed by atoms with E-state index in [0.717, 1.165) is 19.3 Å². The third-order valence-corrected chi connectivity index (χ3v) is 3.77. The third kappa shape index (κ3) is 0.829. The summed E-state index contributed by atoms with van der Waals surface area (Å²) >= 11 is 0. The Kier molecular flexibility index (Phi) is 1.29. The molecule has 0 heterocycles. The van der Waals surface area contributed by atoms with Gasteiger partial charge in [-0.25, -0.2) is 0 Å². The predicted octanol–water partition coefficient (Wildman–Crippen LogP) is 3.74. The van der Waals surface area contributed by atoms with Crippen LogP contribution in [0.1, 0.15) is 29.5 Å². The number of rotatable bonds is 0. The summed E-state index contributed by atoms with van der Waals surface area (Å²) < 4.78 is 0. The summed E-state index contributed by atoms with van der Waals surface area (Å²) in [7, 11) is 0. The molecule has 0 amide bonds. The van der Waals surface area contributed by atoms with Crippen molar-refractivity contribution in [2.75, 3.05) is 0 Å². The molecule has 3 aliphatic carbocycles. The third-order valence-electron chi connectivity index (χ3n) is 3.77. The highest BCUT2D eigenvalue weighted by atomic mass is 14.3. The van der Waals surface area contributed by atoms with Crippen molar-refractivity contribution in [1.82, 2.24) is 0 Å². The average Bonchev–Trinajstić information content (AvgIpc) is 2.85. The minimum atomic E-state index is 1.13. The Hall–Kier alpha value is -1.56. The molecule has 0 unspecified atom stereocenters. The highest BCUT2D eigenvalue weighted by molar-refractivity contribution is 6.03. The van der Waals surface area contributed by atoms with Crippen LogP contribution < -0.4 is 0 Å². The SMILES string of the molecule is C1=CCC2=C(C1)C1=CCc3cccc2c31. The summed E-state index contributed by atoms with van der Waals surface area (Å²) in [5.41, 5.74) is 9.30. The van der Waals surface area contributed by atoms with Crippen LogP contribution in [0.2, 0.25) is 0 Å². The van der Waals surface area contributed by atoms with Gasteiger partial charge < -0.3 is 0 Å². The lowest BCUT2D eigenvalue weighted by Gasteiger charge is -2.10. The van der Waals surface area contributed by atoms with Crippen molar-refractivity contribution in [3.8, 4) is 0 Å². The number of fused-ring (bicyclic) bond motifs is 2. The van der Waals surface area contributed by atoms with Gasteiger partial charge in [-0.1, -0.05) is 36.4 Å². The molecular formula is C15H12. The first-order chi connectivity index (χ1) is 7.45. The molecule has 0 aliphatic heterocycles. The van der Waals surface area contributed by atoms with E-state index < -0.39 is 0 Å². The van der Waals surface area contributed by atoms with Crippen LogP contribution in [0.3, 0.4) is 0 Å². The van der Waals surface area contributed by atoms with Gasteiger partial charge in [-0.3, -0.25) is 0 Å². The van der Waals surface area contributed by atoms with Crippen LogP contribution in [0.4, 0.5) is 0 Å². The van der Waals surface area contributed by atoms with Crippen molar-refractivity contribution in [2.24, 2.45) is 0 Å². The summed E-state index contributed by atoms with van der Waals surface area (Å²) in [6.07, 6.45) is 10.4. The molecule has 0 N–H and O–H groups in total. The molecule has 0 heteroatoms. The van der Waals surface area contributed by atoms with E-state index in [2.05, 4.69) is 36.4 Å². The van der Waals surface area contributed by atoms with Gasteiger partial charge in [-0.2, -0.15) is 0 Å². The molecule has 4 rings (SSSR count). The fraction of sp³-hybridized carbons (Fsp3) is 0.200. The van der Waals surface area contributed by atoms with Gasteiger partial charge in [0, 0.05) is 0 Å². The number of benzene rings is 1. The molecule has 0 aromatic heterocycles. The summed E-state index contributed by atoms with van der Waals surface area (Å²) in [6.45, 7) is 0. The van der Waals surface area contributed by atoms with Crippen LogP contribution in [0, 0.1) is 0 Å². The average molecular weight is 192 g/mol. The van der Waals surface area contributed by atoms with Gasteiger partial charge in [-0.15, -0.1) is 0 Å². The maximum absolute atomic E-state index is 2.41. The Morgan fingerprint density at radius 1 is 0.867 bits per heavy atom. The zero-order chi connectivity index (χ0) is 9.83. The van der Waals surface area contributed by atoms with E-state index in [1.54, 1.807) is 22.3 Å². The fourth-order valence-electron chi connectivity index (χ4n) is 3.12. The Labute approximate surface area is 89.6 Å². The van der Waals surface area contributed by atoms with Crippen molar-refractivity contribution in [3.63, 3.8) is 0 Å². The minimum Gasteiger partial charge on any atom is -0.0838 e. The standard InChI is InChI=1S/C15H12/c1-2-6-12-11(5-1)13-7-3-4-10-8-9-14(12)15(10)13/h1-4,7,9H,5-6,8H2. The first kappa shape index (κ1) is 7.70. The molecule has 0 radical (unpaired) electrons. The summed E-state index contributed by atoms with van der Waals surface area (Å²) in [6, 6.07) is 6.77. The van der Waals surface area contributed by atoms with Crippen LogP contribution in [0.15, 0.2) is 42.0 Å². The minimum absolute atomic E-state index is 1.13. The highest BCUT2D eigenvalue weighted by Gasteiger charge is 2.30. The second kappa shape index (κ2) is 2.52. The molecule has 0 atom stereocenters. The topological polar surface area (TPSA) is 0 Å². The van der Waals surface area contributed by atoms with Crippen LogP contribution in [-0.2, 0) is 6.42 Å². The first-order valence-corrected chi connectivity index (χ1v) is 5.65. The smallest absolute Gasteiger partial charge is 0.00733 e. The van der Waals surface area contributed by atoms with E-state index >= 15 is 0 Å². The molecule has 0 saturated carbocycles. The van der Waals surface area contributed by atoms with Crippen molar-refractivity contribution in [3.05, 3.63) is 58.7 Å². The van der Waals surface area contributed by atoms with Crippen LogP contribution >= 0.6 is 0 Å². The Morgan fingerprint density at radius 3 is 2.67 bits per heavy atom. The van der Waals surface area contributed by atoms with Gasteiger partial charge in [0.15, 0.2) is 0 Å². The van der Waals surface area contributed by atoms with Gasteiger partial charge in [0.25, 0.3) is 0 Å². The molecule has 3 aliphatic rings. The number of allylic oxidation sites excluding steroid dienone is 6. The summed E-state index contributed by atoms with van der Waals surface area (Å²) in [4.78, 5) is 0.